The zero-order valence-corrected chi connectivity index (χ0v) is 10.9. The number of benzene rings is 1. The third-order valence-corrected chi connectivity index (χ3v) is 3.34. The van der Waals surface area contributed by atoms with Gasteiger partial charge >= 0.3 is 10.7 Å². The monoisotopic (exact) mass is 282 g/mol. The number of nitrogens with two attached hydrogens (primary N) is 1. The van der Waals surface area contributed by atoms with E-state index in [9.17, 15) is 9.59 Å². The number of ether oxygens (including phenoxy) is 1. The number of carbonyl (C=O) groups excluding carboxylic acids is 1. The van der Waals surface area contributed by atoms with Crippen LogP contribution >= 0.6 is 11.8 Å². The van der Waals surface area contributed by atoms with Gasteiger partial charge in [-0.1, -0.05) is 0 Å². The molecule has 0 fully saturated rings. The van der Waals surface area contributed by atoms with Crippen molar-refractivity contribution in [1.82, 2.24) is 5.27 Å². The molecule has 0 aliphatic rings. The maximum absolute atomic E-state index is 11.5. The van der Waals surface area contributed by atoms with Gasteiger partial charge in [-0.2, -0.15) is 0 Å². The summed E-state index contributed by atoms with van der Waals surface area (Å²) in [4.78, 5) is 22.3. The van der Waals surface area contributed by atoms with E-state index in [1.54, 1.807) is 31.4 Å². The second-order valence-electron chi connectivity index (χ2n) is 3.57. The standard InChI is InChI=1S/C11H11N3O4S/c1-17-8-4-2-7(3-5-8)14-10(11(16)18-13-14)19-6-9(12)15/h2-5H,6H2,1H3,(H2-,12,13,15,16)/p+1. The molecule has 0 saturated carbocycles. The molecule has 0 spiro atoms. The molecule has 100 valence electrons. The van der Waals surface area contributed by atoms with E-state index < -0.39 is 11.5 Å². The molecule has 2 rings (SSSR count). The number of amides is 1. The van der Waals surface area contributed by atoms with Crippen LogP contribution in [0.15, 0.2) is 38.6 Å². The zero-order valence-electron chi connectivity index (χ0n) is 10.1. The molecule has 1 amide bonds. The number of primary amides is 1. The first-order valence-corrected chi connectivity index (χ1v) is 6.29. The summed E-state index contributed by atoms with van der Waals surface area (Å²) in [6.07, 6.45) is 0. The quantitative estimate of drug-likeness (QED) is 0.585. The van der Waals surface area contributed by atoms with Gasteiger partial charge < -0.3 is 10.5 Å². The van der Waals surface area contributed by atoms with E-state index in [0.29, 0.717) is 11.4 Å². The Bertz CT molecular complexity index is 632. The van der Waals surface area contributed by atoms with Crippen molar-refractivity contribution >= 4 is 17.7 Å². The summed E-state index contributed by atoms with van der Waals surface area (Å²) in [5.41, 5.74) is 5.18. The highest BCUT2D eigenvalue weighted by Gasteiger charge is 2.24. The van der Waals surface area contributed by atoms with E-state index in [4.69, 9.17) is 15.0 Å². The molecule has 0 unspecified atom stereocenters. The smallest absolute Gasteiger partial charge is 0.442 e. The molecule has 7 nitrogen and oxygen atoms in total. The van der Waals surface area contributed by atoms with Crippen molar-refractivity contribution in [2.75, 3.05) is 12.9 Å². The first-order valence-electron chi connectivity index (χ1n) is 5.31. The van der Waals surface area contributed by atoms with Crippen LogP contribution in [-0.4, -0.2) is 24.0 Å². The van der Waals surface area contributed by atoms with Crippen LogP contribution in [0.2, 0.25) is 0 Å². The number of aromatic amines is 1. The van der Waals surface area contributed by atoms with Gasteiger partial charge in [-0.3, -0.25) is 9.32 Å². The molecule has 1 aromatic heterocycles. The van der Waals surface area contributed by atoms with Crippen molar-refractivity contribution in [1.29, 1.82) is 0 Å². The normalized spacial score (nSPS) is 10.4. The second kappa shape index (κ2) is 5.61. The van der Waals surface area contributed by atoms with Gasteiger partial charge in [-0.25, -0.2) is 4.79 Å². The Hall–Kier alpha value is -2.22. The van der Waals surface area contributed by atoms with Crippen molar-refractivity contribution in [3.05, 3.63) is 34.7 Å². The third-order valence-electron chi connectivity index (χ3n) is 2.29. The molecule has 0 bridgehead atoms. The Morgan fingerprint density at radius 2 is 2.16 bits per heavy atom. The number of carbonyl (C=O) groups is 1. The second-order valence-corrected chi connectivity index (χ2v) is 4.54. The van der Waals surface area contributed by atoms with Crippen LogP contribution < -0.4 is 20.8 Å². The van der Waals surface area contributed by atoms with Crippen molar-refractivity contribution in [2.24, 2.45) is 5.73 Å². The summed E-state index contributed by atoms with van der Waals surface area (Å²) in [5, 5.41) is 2.72. The maximum atomic E-state index is 11.5. The summed E-state index contributed by atoms with van der Waals surface area (Å²) in [6.45, 7) is 0. The number of H-pyrrole nitrogens is 1. The maximum Gasteiger partial charge on any atom is 0.442 e. The Labute approximate surface area is 112 Å². The van der Waals surface area contributed by atoms with Crippen LogP contribution in [0, 0.1) is 0 Å². The number of hydrogen-bond acceptors (Lipinski definition) is 5. The van der Waals surface area contributed by atoms with Crippen LogP contribution in [0.25, 0.3) is 5.69 Å². The third kappa shape index (κ3) is 2.97. The molecule has 3 N–H and O–H groups in total. The molecule has 1 aromatic carbocycles. The molecule has 19 heavy (non-hydrogen) atoms. The van der Waals surface area contributed by atoms with Gasteiger partial charge in [0.05, 0.1) is 12.9 Å². The summed E-state index contributed by atoms with van der Waals surface area (Å²) >= 11 is 1.01. The van der Waals surface area contributed by atoms with E-state index in [2.05, 4.69) is 5.27 Å². The Morgan fingerprint density at radius 3 is 2.74 bits per heavy atom. The van der Waals surface area contributed by atoms with Gasteiger partial charge in [-0.15, -0.1) is 0 Å². The van der Waals surface area contributed by atoms with Crippen LogP contribution in [-0.2, 0) is 4.79 Å². The Morgan fingerprint density at radius 1 is 1.47 bits per heavy atom. The highest BCUT2D eigenvalue weighted by atomic mass is 32.2. The molecule has 0 aliphatic carbocycles. The largest absolute Gasteiger partial charge is 0.497 e. The molecular formula is C11H12N3O4S+. The highest BCUT2D eigenvalue weighted by Crippen LogP contribution is 2.14. The zero-order chi connectivity index (χ0) is 13.8. The minimum atomic E-state index is -0.554. The van der Waals surface area contributed by atoms with E-state index in [-0.39, 0.29) is 10.8 Å². The predicted octanol–water partition coefficient (Wildman–Crippen LogP) is -0.169. The summed E-state index contributed by atoms with van der Waals surface area (Å²) in [5.74, 6) is 0.187. The van der Waals surface area contributed by atoms with Gasteiger partial charge in [0.2, 0.25) is 11.6 Å². The van der Waals surface area contributed by atoms with Gasteiger partial charge in [0.15, 0.2) is 0 Å². The fourth-order valence-electron chi connectivity index (χ4n) is 1.43. The number of methoxy groups -OCH3 is 1. The lowest BCUT2D eigenvalue weighted by Gasteiger charge is -1.97. The molecule has 0 atom stereocenters. The predicted molar refractivity (Wildman–Crippen MR) is 67.3 cm³/mol. The summed E-state index contributed by atoms with van der Waals surface area (Å²) in [7, 11) is 1.57. The average molecular weight is 282 g/mol. The average Bonchev–Trinajstić information content (AvgIpc) is 2.78. The van der Waals surface area contributed by atoms with E-state index >= 15 is 0 Å². The minimum Gasteiger partial charge on any atom is -0.497 e. The number of aromatic nitrogens is 2. The fraction of sp³-hybridized carbons (Fsp3) is 0.182. The Kier molecular flexibility index (Phi) is 3.91. The van der Waals surface area contributed by atoms with Crippen molar-refractivity contribution in [3.63, 3.8) is 0 Å². The van der Waals surface area contributed by atoms with E-state index in [1.807, 2.05) is 0 Å². The fourth-order valence-corrected chi connectivity index (χ4v) is 2.14. The number of nitrogens with zero attached hydrogens (tertiary/aromatic N) is 1. The molecular weight excluding hydrogens is 270 g/mol. The van der Waals surface area contributed by atoms with Crippen LogP contribution in [0.4, 0.5) is 0 Å². The molecule has 2 aromatic rings. The first-order chi connectivity index (χ1) is 9.11. The number of thioether (sulfide) groups is 1. The molecule has 0 aliphatic heterocycles. The van der Waals surface area contributed by atoms with Crippen LogP contribution in [0.3, 0.4) is 0 Å². The minimum absolute atomic E-state index is 0.00122. The van der Waals surface area contributed by atoms with E-state index in [0.717, 1.165) is 11.8 Å². The number of hydrogen-bond donors (Lipinski definition) is 2. The number of nitrogens with one attached hydrogen (secondary N) is 1. The molecule has 0 saturated heterocycles. The molecule has 1 heterocycles. The van der Waals surface area contributed by atoms with E-state index in [1.165, 1.54) is 4.68 Å². The lowest BCUT2D eigenvalue weighted by atomic mass is 10.3. The first kappa shape index (κ1) is 13.2. The lowest BCUT2D eigenvalue weighted by molar-refractivity contribution is -0.704. The number of rotatable bonds is 5. The SMILES string of the molecule is COc1ccc(-[n+]2[nH]oc(=O)c2SCC(N)=O)cc1. The van der Waals surface area contributed by atoms with Gasteiger partial charge in [0.25, 0.3) is 0 Å². The van der Waals surface area contributed by atoms with Crippen LogP contribution in [0.5, 0.6) is 5.75 Å². The lowest BCUT2D eigenvalue weighted by Crippen LogP contribution is -2.36. The topological polar surface area (TPSA) is 102 Å². The summed E-state index contributed by atoms with van der Waals surface area (Å²) in [6, 6.07) is 6.99. The van der Waals surface area contributed by atoms with Crippen molar-refractivity contribution in [3.8, 4) is 11.4 Å². The highest BCUT2D eigenvalue weighted by molar-refractivity contribution is 7.99. The van der Waals surface area contributed by atoms with Crippen LogP contribution in [0.1, 0.15) is 0 Å². The van der Waals surface area contributed by atoms with Gasteiger partial charge in [0.1, 0.15) is 5.75 Å². The van der Waals surface area contributed by atoms with Crippen molar-refractivity contribution < 1.29 is 18.7 Å². The van der Waals surface area contributed by atoms with Gasteiger partial charge in [0, 0.05) is 12.1 Å². The molecule has 0 radical (unpaired) electrons. The van der Waals surface area contributed by atoms with Crippen molar-refractivity contribution in [2.45, 2.75) is 5.03 Å². The van der Waals surface area contributed by atoms with Gasteiger partial charge in [-0.05, 0) is 33.8 Å². The Balaban J connectivity index is 2.33. The summed E-state index contributed by atoms with van der Waals surface area (Å²) < 4.78 is 11.2. The molecule has 8 heteroatoms.